The molecular weight excluding hydrogens is 236 g/mol. The van der Waals surface area contributed by atoms with Crippen molar-refractivity contribution in [2.75, 3.05) is 0 Å². The van der Waals surface area contributed by atoms with Gasteiger partial charge < -0.3 is 0 Å². The van der Waals surface area contributed by atoms with Crippen LogP contribution in [0.3, 0.4) is 0 Å². The van der Waals surface area contributed by atoms with E-state index in [-0.39, 0.29) is 5.78 Å². The van der Waals surface area contributed by atoms with Gasteiger partial charge in [0, 0.05) is 10.5 Å². The fraction of sp³-hybridized carbons (Fsp3) is 0.273. The molecule has 1 aromatic carbocycles. The standard InChI is InChI=1S/C11H12N4OS/c1-8(16)9-3-5-10(6-4-9)17-7-11-12-14-15(2)13-11/h3-6H,7H2,1-2H3. The van der Waals surface area contributed by atoms with E-state index >= 15 is 0 Å². The molecule has 0 N–H and O–H groups in total. The van der Waals surface area contributed by atoms with Crippen LogP contribution in [0.15, 0.2) is 29.2 Å². The number of thioether (sulfide) groups is 1. The molecule has 6 heteroatoms. The van der Waals surface area contributed by atoms with Gasteiger partial charge in [0.2, 0.25) is 0 Å². The minimum Gasteiger partial charge on any atom is -0.295 e. The Morgan fingerprint density at radius 3 is 2.59 bits per heavy atom. The van der Waals surface area contributed by atoms with Crippen molar-refractivity contribution in [3.63, 3.8) is 0 Å². The number of carbonyl (C=O) groups is 1. The van der Waals surface area contributed by atoms with Crippen molar-refractivity contribution >= 4 is 17.5 Å². The van der Waals surface area contributed by atoms with Crippen molar-refractivity contribution in [2.45, 2.75) is 17.6 Å². The van der Waals surface area contributed by atoms with E-state index in [9.17, 15) is 4.79 Å². The van der Waals surface area contributed by atoms with Crippen molar-refractivity contribution in [3.05, 3.63) is 35.7 Å². The predicted molar refractivity (Wildman–Crippen MR) is 64.8 cm³/mol. The highest BCUT2D eigenvalue weighted by molar-refractivity contribution is 7.98. The first kappa shape index (κ1) is 11.8. The third-order valence-corrected chi connectivity index (χ3v) is 3.19. The third kappa shape index (κ3) is 3.13. The van der Waals surface area contributed by atoms with Crippen LogP contribution in [-0.2, 0) is 12.8 Å². The number of tetrazole rings is 1. The molecule has 0 amide bonds. The Morgan fingerprint density at radius 2 is 2.06 bits per heavy atom. The lowest BCUT2D eigenvalue weighted by molar-refractivity contribution is 0.101. The summed E-state index contributed by atoms with van der Waals surface area (Å²) in [4.78, 5) is 13.6. The molecule has 0 saturated heterocycles. The molecule has 0 atom stereocenters. The van der Waals surface area contributed by atoms with E-state index in [0.717, 1.165) is 10.5 Å². The number of Topliss-reactive ketones (excluding diaryl/α,β-unsaturated/α-hetero) is 1. The highest BCUT2D eigenvalue weighted by Crippen LogP contribution is 2.21. The van der Waals surface area contributed by atoms with Crippen LogP contribution in [-0.4, -0.2) is 26.0 Å². The summed E-state index contributed by atoms with van der Waals surface area (Å²) in [5, 5.41) is 11.8. The van der Waals surface area contributed by atoms with E-state index in [4.69, 9.17) is 0 Å². The van der Waals surface area contributed by atoms with Gasteiger partial charge in [0.15, 0.2) is 11.6 Å². The lowest BCUT2D eigenvalue weighted by Crippen LogP contribution is -1.93. The summed E-state index contributed by atoms with van der Waals surface area (Å²) in [6, 6.07) is 7.51. The molecular formula is C11H12N4OS. The van der Waals surface area contributed by atoms with E-state index in [1.165, 1.54) is 4.80 Å². The molecule has 1 aromatic heterocycles. The normalized spacial score (nSPS) is 10.5. The fourth-order valence-electron chi connectivity index (χ4n) is 1.31. The summed E-state index contributed by atoms with van der Waals surface area (Å²) in [7, 11) is 1.74. The molecule has 0 radical (unpaired) electrons. The number of ketones is 1. The average Bonchev–Trinajstić information content (AvgIpc) is 2.73. The number of carbonyl (C=O) groups excluding carboxylic acids is 1. The van der Waals surface area contributed by atoms with Crippen molar-refractivity contribution in [2.24, 2.45) is 7.05 Å². The minimum atomic E-state index is 0.0807. The zero-order valence-corrected chi connectivity index (χ0v) is 10.4. The molecule has 0 aliphatic carbocycles. The van der Waals surface area contributed by atoms with E-state index in [1.54, 1.807) is 25.7 Å². The topological polar surface area (TPSA) is 60.7 Å². The number of rotatable bonds is 4. The zero-order valence-electron chi connectivity index (χ0n) is 9.62. The molecule has 1 heterocycles. The van der Waals surface area contributed by atoms with Gasteiger partial charge in [-0.15, -0.1) is 22.0 Å². The first-order valence-electron chi connectivity index (χ1n) is 5.12. The summed E-state index contributed by atoms with van der Waals surface area (Å²) in [5.41, 5.74) is 0.729. The molecule has 0 aliphatic rings. The van der Waals surface area contributed by atoms with Crippen LogP contribution in [0, 0.1) is 0 Å². The third-order valence-electron chi connectivity index (χ3n) is 2.18. The van der Waals surface area contributed by atoms with Gasteiger partial charge in [-0.3, -0.25) is 4.79 Å². The Kier molecular flexibility index (Phi) is 3.53. The average molecular weight is 248 g/mol. The van der Waals surface area contributed by atoms with Crippen LogP contribution >= 0.6 is 11.8 Å². The van der Waals surface area contributed by atoms with Gasteiger partial charge in [-0.05, 0) is 24.3 Å². The van der Waals surface area contributed by atoms with Crippen LogP contribution in [0.2, 0.25) is 0 Å². The summed E-state index contributed by atoms with van der Waals surface area (Å²) < 4.78 is 0. The summed E-state index contributed by atoms with van der Waals surface area (Å²) >= 11 is 1.62. The van der Waals surface area contributed by atoms with Gasteiger partial charge in [0.1, 0.15) is 0 Å². The fourth-order valence-corrected chi connectivity index (χ4v) is 2.05. The molecule has 0 aliphatic heterocycles. The Labute approximate surface area is 103 Å². The second-order valence-corrected chi connectivity index (χ2v) is 4.61. The van der Waals surface area contributed by atoms with Gasteiger partial charge in [-0.2, -0.15) is 4.80 Å². The Balaban J connectivity index is 1.97. The lowest BCUT2D eigenvalue weighted by Gasteiger charge is -1.99. The maximum atomic E-state index is 11.1. The van der Waals surface area contributed by atoms with E-state index in [2.05, 4.69) is 15.4 Å². The van der Waals surface area contributed by atoms with Gasteiger partial charge in [0.05, 0.1) is 12.8 Å². The highest BCUT2D eigenvalue weighted by Gasteiger charge is 2.03. The van der Waals surface area contributed by atoms with E-state index in [0.29, 0.717) is 11.6 Å². The van der Waals surface area contributed by atoms with E-state index in [1.807, 2.05) is 24.3 Å². The van der Waals surface area contributed by atoms with Crippen LogP contribution in [0.1, 0.15) is 23.1 Å². The van der Waals surface area contributed by atoms with Crippen LogP contribution < -0.4 is 0 Å². The predicted octanol–water partition coefficient (Wildman–Crippen LogP) is 1.70. The molecule has 2 rings (SSSR count). The van der Waals surface area contributed by atoms with Crippen molar-refractivity contribution in [1.82, 2.24) is 20.2 Å². The van der Waals surface area contributed by atoms with Crippen LogP contribution in [0.4, 0.5) is 0 Å². The molecule has 88 valence electrons. The zero-order chi connectivity index (χ0) is 12.3. The summed E-state index contributed by atoms with van der Waals surface area (Å²) in [6.07, 6.45) is 0. The first-order chi connectivity index (χ1) is 8.15. The number of hydrogen-bond acceptors (Lipinski definition) is 5. The summed E-state index contributed by atoms with van der Waals surface area (Å²) in [6.45, 7) is 1.56. The van der Waals surface area contributed by atoms with Crippen LogP contribution in [0.5, 0.6) is 0 Å². The second kappa shape index (κ2) is 5.09. The molecule has 5 nitrogen and oxygen atoms in total. The Hall–Kier alpha value is -1.69. The minimum absolute atomic E-state index is 0.0807. The van der Waals surface area contributed by atoms with E-state index < -0.39 is 0 Å². The Bertz CT molecular complexity index is 521. The number of hydrogen-bond donors (Lipinski definition) is 0. The smallest absolute Gasteiger partial charge is 0.184 e. The largest absolute Gasteiger partial charge is 0.295 e. The van der Waals surface area contributed by atoms with Gasteiger partial charge in [-0.25, -0.2) is 0 Å². The number of nitrogens with zero attached hydrogens (tertiary/aromatic N) is 4. The monoisotopic (exact) mass is 248 g/mol. The number of aryl methyl sites for hydroxylation is 1. The van der Waals surface area contributed by atoms with Crippen molar-refractivity contribution in [3.8, 4) is 0 Å². The van der Waals surface area contributed by atoms with Crippen LogP contribution in [0.25, 0.3) is 0 Å². The number of aromatic nitrogens is 4. The van der Waals surface area contributed by atoms with Gasteiger partial charge in [0.25, 0.3) is 0 Å². The molecule has 0 unspecified atom stereocenters. The first-order valence-corrected chi connectivity index (χ1v) is 6.10. The summed E-state index contributed by atoms with van der Waals surface area (Å²) in [5.74, 6) is 1.46. The molecule has 0 spiro atoms. The molecule has 0 saturated carbocycles. The van der Waals surface area contributed by atoms with Crippen molar-refractivity contribution < 1.29 is 4.79 Å². The SMILES string of the molecule is CC(=O)c1ccc(SCc2nnn(C)n2)cc1. The maximum absolute atomic E-state index is 11.1. The second-order valence-electron chi connectivity index (χ2n) is 3.56. The Morgan fingerprint density at radius 1 is 1.35 bits per heavy atom. The van der Waals surface area contributed by atoms with Crippen molar-refractivity contribution in [1.29, 1.82) is 0 Å². The molecule has 17 heavy (non-hydrogen) atoms. The maximum Gasteiger partial charge on any atom is 0.184 e. The highest BCUT2D eigenvalue weighted by atomic mass is 32.2. The molecule has 2 aromatic rings. The van der Waals surface area contributed by atoms with Gasteiger partial charge in [-0.1, -0.05) is 12.1 Å². The van der Waals surface area contributed by atoms with Gasteiger partial charge >= 0.3 is 0 Å². The lowest BCUT2D eigenvalue weighted by atomic mass is 10.2. The number of benzene rings is 1. The molecule has 0 fully saturated rings. The quantitative estimate of drug-likeness (QED) is 0.609. The molecule has 0 bridgehead atoms.